The molecular weight excluding hydrogens is 357 g/mol. The summed E-state index contributed by atoms with van der Waals surface area (Å²) in [5.74, 6) is -0.325. The second-order valence-corrected chi connectivity index (χ2v) is 7.41. The predicted molar refractivity (Wildman–Crippen MR) is 108 cm³/mol. The highest BCUT2D eigenvalue weighted by molar-refractivity contribution is 6.01. The molecule has 2 aromatic carbocycles. The number of aryl methyl sites for hydroxylation is 1. The van der Waals surface area contributed by atoms with E-state index in [4.69, 9.17) is 4.84 Å². The van der Waals surface area contributed by atoms with E-state index < -0.39 is 0 Å². The standard InChI is InChI=1S/C22H26FN3O2/c1-15(2)24-22(27)26(13-18-6-4-5-7-20(18)23)14-19-12-21(25-28-19)17-10-8-16(3)9-11-17/h4-11,15,19H,12-14H2,1-3H3,(H,24,27)/t19-/m1/s1. The molecule has 148 valence electrons. The molecule has 3 rings (SSSR count). The number of hydrogen-bond acceptors (Lipinski definition) is 3. The van der Waals surface area contributed by atoms with Crippen LogP contribution in [0.4, 0.5) is 9.18 Å². The Hall–Kier alpha value is -2.89. The van der Waals surface area contributed by atoms with Gasteiger partial charge in [0.25, 0.3) is 0 Å². The Kier molecular flexibility index (Phi) is 6.29. The molecule has 0 fully saturated rings. The van der Waals surface area contributed by atoms with Crippen LogP contribution in [-0.2, 0) is 11.4 Å². The third-order valence-electron chi connectivity index (χ3n) is 4.56. The topological polar surface area (TPSA) is 53.9 Å². The number of nitrogens with zero attached hydrogens (tertiary/aromatic N) is 2. The Morgan fingerprint density at radius 1 is 1.25 bits per heavy atom. The molecule has 2 aromatic rings. The van der Waals surface area contributed by atoms with Gasteiger partial charge in [-0.2, -0.15) is 0 Å². The van der Waals surface area contributed by atoms with Gasteiger partial charge >= 0.3 is 6.03 Å². The number of urea groups is 1. The van der Waals surface area contributed by atoms with E-state index in [1.165, 1.54) is 11.6 Å². The third kappa shape index (κ3) is 5.09. The fraction of sp³-hybridized carbons (Fsp3) is 0.364. The van der Waals surface area contributed by atoms with Gasteiger partial charge in [-0.25, -0.2) is 9.18 Å². The minimum absolute atomic E-state index is 0.0144. The van der Waals surface area contributed by atoms with Crippen molar-refractivity contribution in [1.82, 2.24) is 10.2 Å². The summed E-state index contributed by atoms with van der Waals surface area (Å²) in [5.41, 5.74) is 3.53. The third-order valence-corrected chi connectivity index (χ3v) is 4.56. The van der Waals surface area contributed by atoms with E-state index in [1.807, 2.05) is 45.0 Å². The van der Waals surface area contributed by atoms with Gasteiger partial charge in [0.05, 0.1) is 18.8 Å². The summed E-state index contributed by atoms with van der Waals surface area (Å²) in [7, 11) is 0. The molecule has 0 saturated carbocycles. The Bertz CT molecular complexity index is 849. The van der Waals surface area contributed by atoms with Crippen molar-refractivity contribution < 1.29 is 14.0 Å². The predicted octanol–water partition coefficient (Wildman–Crippen LogP) is 4.25. The fourth-order valence-electron chi connectivity index (χ4n) is 3.08. The number of carbonyl (C=O) groups excluding carboxylic acids is 1. The summed E-state index contributed by atoms with van der Waals surface area (Å²) in [6.45, 7) is 6.32. The van der Waals surface area contributed by atoms with Gasteiger partial charge in [0.15, 0.2) is 6.10 Å². The average Bonchev–Trinajstić information content (AvgIpc) is 3.11. The summed E-state index contributed by atoms with van der Waals surface area (Å²) in [6.07, 6.45) is 0.340. The van der Waals surface area contributed by atoms with E-state index in [0.717, 1.165) is 11.3 Å². The van der Waals surface area contributed by atoms with Crippen LogP contribution in [0.5, 0.6) is 0 Å². The largest absolute Gasteiger partial charge is 0.390 e. The lowest BCUT2D eigenvalue weighted by atomic mass is 10.0. The molecule has 0 saturated heterocycles. The molecule has 1 aliphatic heterocycles. The van der Waals surface area contributed by atoms with Crippen LogP contribution in [-0.4, -0.2) is 35.3 Å². The normalized spacial score (nSPS) is 15.9. The monoisotopic (exact) mass is 383 g/mol. The van der Waals surface area contributed by atoms with Crippen LogP contribution in [0.25, 0.3) is 0 Å². The summed E-state index contributed by atoms with van der Waals surface area (Å²) in [6, 6.07) is 14.3. The number of benzene rings is 2. The van der Waals surface area contributed by atoms with Gasteiger partial charge in [0.1, 0.15) is 5.82 Å². The molecule has 1 N–H and O–H groups in total. The molecule has 6 heteroatoms. The Balaban J connectivity index is 1.68. The SMILES string of the molecule is Cc1ccc(C2=NO[C@@H](CN(Cc3ccccc3F)C(=O)NC(C)C)C2)cc1. The number of hydrogen-bond donors (Lipinski definition) is 1. The molecule has 5 nitrogen and oxygen atoms in total. The molecular formula is C22H26FN3O2. The van der Waals surface area contributed by atoms with Crippen molar-refractivity contribution in [3.8, 4) is 0 Å². The second-order valence-electron chi connectivity index (χ2n) is 7.41. The highest BCUT2D eigenvalue weighted by Gasteiger charge is 2.27. The molecule has 0 unspecified atom stereocenters. The van der Waals surface area contributed by atoms with Gasteiger partial charge in [0, 0.05) is 18.0 Å². The van der Waals surface area contributed by atoms with Gasteiger partial charge < -0.3 is 15.1 Å². The zero-order valence-corrected chi connectivity index (χ0v) is 16.5. The molecule has 0 radical (unpaired) electrons. The quantitative estimate of drug-likeness (QED) is 0.811. The lowest BCUT2D eigenvalue weighted by Crippen LogP contribution is -2.45. The lowest BCUT2D eigenvalue weighted by molar-refractivity contribution is 0.0584. The first-order valence-corrected chi connectivity index (χ1v) is 9.51. The van der Waals surface area contributed by atoms with Crippen LogP contribution < -0.4 is 5.32 Å². The number of amides is 2. The van der Waals surface area contributed by atoms with Crippen LogP contribution in [0.15, 0.2) is 53.7 Å². The maximum Gasteiger partial charge on any atom is 0.318 e. The van der Waals surface area contributed by atoms with E-state index >= 15 is 0 Å². The zero-order valence-electron chi connectivity index (χ0n) is 16.5. The first-order chi connectivity index (χ1) is 13.4. The van der Waals surface area contributed by atoms with Gasteiger partial charge in [-0.15, -0.1) is 0 Å². The van der Waals surface area contributed by atoms with Gasteiger partial charge in [-0.3, -0.25) is 0 Å². The molecule has 1 aliphatic rings. The summed E-state index contributed by atoms with van der Waals surface area (Å²) >= 11 is 0. The molecule has 0 aliphatic carbocycles. The molecule has 2 amide bonds. The highest BCUT2D eigenvalue weighted by atomic mass is 19.1. The van der Waals surface area contributed by atoms with E-state index in [1.54, 1.807) is 23.1 Å². The van der Waals surface area contributed by atoms with E-state index in [2.05, 4.69) is 10.5 Å². The van der Waals surface area contributed by atoms with E-state index in [9.17, 15) is 9.18 Å². The van der Waals surface area contributed by atoms with Gasteiger partial charge in [0.2, 0.25) is 0 Å². The first-order valence-electron chi connectivity index (χ1n) is 9.51. The smallest absolute Gasteiger partial charge is 0.318 e. The number of nitrogens with one attached hydrogen (secondary N) is 1. The molecule has 1 heterocycles. The molecule has 0 aromatic heterocycles. The zero-order chi connectivity index (χ0) is 20.1. The minimum Gasteiger partial charge on any atom is -0.390 e. The van der Waals surface area contributed by atoms with Crippen LogP contribution in [0.3, 0.4) is 0 Å². The number of rotatable bonds is 6. The van der Waals surface area contributed by atoms with Gasteiger partial charge in [-0.1, -0.05) is 53.2 Å². The number of carbonyl (C=O) groups is 1. The first kappa shape index (κ1) is 19.9. The van der Waals surface area contributed by atoms with E-state index in [-0.39, 0.29) is 30.5 Å². The Morgan fingerprint density at radius 2 is 1.96 bits per heavy atom. The molecule has 0 spiro atoms. The van der Waals surface area contributed by atoms with Crippen molar-refractivity contribution >= 4 is 11.7 Å². The maximum atomic E-state index is 14.1. The van der Waals surface area contributed by atoms with Crippen molar-refractivity contribution in [3.63, 3.8) is 0 Å². The van der Waals surface area contributed by atoms with Crippen LogP contribution >= 0.6 is 0 Å². The Morgan fingerprint density at radius 3 is 2.64 bits per heavy atom. The van der Waals surface area contributed by atoms with Crippen LogP contribution in [0.2, 0.25) is 0 Å². The van der Waals surface area contributed by atoms with Crippen LogP contribution in [0.1, 0.15) is 37.0 Å². The average molecular weight is 383 g/mol. The second kappa shape index (κ2) is 8.87. The van der Waals surface area contributed by atoms with Crippen molar-refractivity contribution in [1.29, 1.82) is 0 Å². The van der Waals surface area contributed by atoms with E-state index in [0.29, 0.717) is 18.5 Å². The summed E-state index contributed by atoms with van der Waals surface area (Å²) in [4.78, 5) is 19.8. The maximum absolute atomic E-state index is 14.1. The number of oxime groups is 1. The van der Waals surface area contributed by atoms with Crippen molar-refractivity contribution in [3.05, 3.63) is 71.0 Å². The number of halogens is 1. The minimum atomic E-state index is -0.325. The Labute approximate surface area is 165 Å². The van der Waals surface area contributed by atoms with Crippen LogP contribution in [0, 0.1) is 12.7 Å². The molecule has 1 atom stereocenters. The van der Waals surface area contributed by atoms with Crippen molar-refractivity contribution in [2.45, 2.75) is 45.9 Å². The molecule has 0 bridgehead atoms. The summed E-state index contributed by atoms with van der Waals surface area (Å²) < 4.78 is 14.1. The highest BCUT2D eigenvalue weighted by Crippen LogP contribution is 2.19. The fourth-order valence-corrected chi connectivity index (χ4v) is 3.08. The lowest BCUT2D eigenvalue weighted by Gasteiger charge is -2.26. The van der Waals surface area contributed by atoms with Crippen molar-refractivity contribution in [2.75, 3.05) is 6.54 Å². The molecule has 28 heavy (non-hydrogen) atoms. The van der Waals surface area contributed by atoms with Crippen molar-refractivity contribution in [2.24, 2.45) is 5.16 Å². The van der Waals surface area contributed by atoms with Gasteiger partial charge in [-0.05, 0) is 32.4 Å². The summed E-state index contributed by atoms with van der Waals surface area (Å²) in [5, 5.41) is 7.08.